The minimum atomic E-state index is -3.14. The van der Waals surface area contributed by atoms with E-state index in [4.69, 9.17) is 5.21 Å². The lowest BCUT2D eigenvalue weighted by atomic mass is 10.3. The summed E-state index contributed by atoms with van der Waals surface area (Å²) in [4.78, 5) is 0.238. The van der Waals surface area contributed by atoms with Gasteiger partial charge in [-0.25, -0.2) is 8.42 Å². The topological polar surface area (TPSA) is 66.4 Å². The van der Waals surface area contributed by atoms with E-state index in [0.29, 0.717) is 5.69 Å². The van der Waals surface area contributed by atoms with Crippen LogP contribution in [0, 0.1) is 0 Å². The van der Waals surface area contributed by atoms with Gasteiger partial charge in [0.25, 0.3) is 0 Å². The second-order valence-corrected chi connectivity index (χ2v) is 4.42. The quantitative estimate of drug-likeness (QED) is 0.675. The van der Waals surface area contributed by atoms with Gasteiger partial charge in [0.1, 0.15) is 0 Å². The maximum Gasteiger partial charge on any atom is 0.175 e. The molecule has 12 heavy (non-hydrogen) atoms. The predicted molar refractivity (Wildman–Crippen MR) is 45.0 cm³/mol. The third kappa shape index (κ3) is 1.96. The molecule has 5 heteroatoms. The molecule has 0 saturated heterocycles. The molecule has 0 fully saturated rings. The summed E-state index contributed by atoms with van der Waals surface area (Å²) < 4.78 is 21.9. The van der Waals surface area contributed by atoms with Gasteiger partial charge in [-0.15, -0.1) is 0 Å². The van der Waals surface area contributed by atoms with Crippen LogP contribution in [-0.4, -0.2) is 19.9 Å². The highest BCUT2D eigenvalue weighted by Crippen LogP contribution is 2.12. The lowest BCUT2D eigenvalue weighted by Gasteiger charge is -1.99. The van der Waals surface area contributed by atoms with Gasteiger partial charge in [0.2, 0.25) is 0 Å². The first-order valence-corrected chi connectivity index (χ1v) is 5.13. The molecule has 66 valence electrons. The van der Waals surface area contributed by atoms with Gasteiger partial charge >= 0.3 is 0 Å². The first kappa shape index (κ1) is 9.02. The van der Waals surface area contributed by atoms with Crippen LogP contribution in [0.15, 0.2) is 29.2 Å². The zero-order valence-corrected chi connectivity index (χ0v) is 7.30. The molecule has 4 nitrogen and oxygen atoms in total. The van der Waals surface area contributed by atoms with E-state index in [9.17, 15) is 8.42 Å². The molecule has 0 bridgehead atoms. The van der Waals surface area contributed by atoms with Gasteiger partial charge in [0.05, 0.1) is 10.6 Å². The van der Waals surface area contributed by atoms with E-state index in [1.165, 1.54) is 24.3 Å². The summed E-state index contributed by atoms with van der Waals surface area (Å²) in [6.07, 6.45) is 1.13. The van der Waals surface area contributed by atoms with E-state index in [0.717, 1.165) is 6.26 Å². The summed E-state index contributed by atoms with van der Waals surface area (Å²) in [6.45, 7) is 0. The van der Waals surface area contributed by atoms with Gasteiger partial charge in [-0.2, -0.15) is 0 Å². The van der Waals surface area contributed by atoms with E-state index >= 15 is 0 Å². The molecule has 0 spiro atoms. The van der Waals surface area contributed by atoms with Crippen molar-refractivity contribution >= 4 is 15.5 Å². The van der Waals surface area contributed by atoms with Crippen LogP contribution < -0.4 is 5.48 Å². The minimum Gasteiger partial charge on any atom is -0.291 e. The summed E-state index contributed by atoms with van der Waals surface area (Å²) in [5, 5.41) is 8.43. The predicted octanol–water partition coefficient (Wildman–Crippen LogP) is 0.891. The largest absolute Gasteiger partial charge is 0.291 e. The molecule has 0 saturated carbocycles. The van der Waals surface area contributed by atoms with Crippen molar-refractivity contribution in [1.29, 1.82) is 0 Å². The molecule has 1 aromatic rings. The number of rotatable bonds is 2. The number of sulfone groups is 1. The number of benzene rings is 1. The minimum absolute atomic E-state index is 0.238. The van der Waals surface area contributed by atoms with Crippen LogP contribution in [0.4, 0.5) is 5.69 Å². The zero-order valence-electron chi connectivity index (χ0n) is 6.48. The van der Waals surface area contributed by atoms with Gasteiger partial charge in [0.15, 0.2) is 9.84 Å². The van der Waals surface area contributed by atoms with E-state index in [1.54, 1.807) is 0 Å². The number of hydrogen-bond donors (Lipinski definition) is 2. The van der Waals surface area contributed by atoms with Crippen molar-refractivity contribution in [3.63, 3.8) is 0 Å². The van der Waals surface area contributed by atoms with Crippen LogP contribution in [-0.2, 0) is 9.84 Å². The monoisotopic (exact) mass is 187 g/mol. The molecule has 0 aliphatic heterocycles. The normalized spacial score (nSPS) is 11.2. The van der Waals surface area contributed by atoms with Gasteiger partial charge in [-0.05, 0) is 24.3 Å². The second kappa shape index (κ2) is 3.12. The summed E-state index contributed by atoms with van der Waals surface area (Å²) in [5.41, 5.74) is 2.37. The SMILES string of the molecule is CS(=O)(=O)c1ccc(NO)cc1. The summed E-state index contributed by atoms with van der Waals surface area (Å²) >= 11 is 0. The van der Waals surface area contributed by atoms with Crippen molar-refractivity contribution in [1.82, 2.24) is 0 Å². The van der Waals surface area contributed by atoms with E-state index < -0.39 is 9.84 Å². The lowest BCUT2D eigenvalue weighted by molar-refractivity contribution is 0.389. The standard InChI is InChI=1S/C7H9NO3S/c1-12(10,11)7-4-2-6(8-9)3-5-7/h2-5,8-9H,1H3. The van der Waals surface area contributed by atoms with Crippen molar-refractivity contribution in [3.05, 3.63) is 24.3 Å². The Kier molecular flexibility index (Phi) is 2.35. The Bertz CT molecular complexity index is 355. The number of nitrogens with one attached hydrogen (secondary N) is 1. The van der Waals surface area contributed by atoms with Crippen molar-refractivity contribution in [3.8, 4) is 0 Å². The van der Waals surface area contributed by atoms with Gasteiger partial charge in [-0.1, -0.05) is 0 Å². The average Bonchev–Trinajstić information content (AvgIpc) is 2.03. The molecule has 0 amide bonds. The van der Waals surface area contributed by atoms with Gasteiger partial charge in [-0.3, -0.25) is 10.7 Å². The van der Waals surface area contributed by atoms with Crippen LogP contribution in [0.3, 0.4) is 0 Å². The Labute approximate surface area is 70.7 Å². The van der Waals surface area contributed by atoms with Crippen molar-refractivity contribution < 1.29 is 13.6 Å². The van der Waals surface area contributed by atoms with Crippen molar-refractivity contribution in [2.24, 2.45) is 0 Å². The third-order valence-electron chi connectivity index (χ3n) is 1.41. The van der Waals surface area contributed by atoms with E-state index in [2.05, 4.69) is 0 Å². The highest BCUT2D eigenvalue weighted by atomic mass is 32.2. The van der Waals surface area contributed by atoms with Crippen LogP contribution in [0.5, 0.6) is 0 Å². The fourth-order valence-corrected chi connectivity index (χ4v) is 1.41. The Morgan fingerprint density at radius 2 is 1.75 bits per heavy atom. The van der Waals surface area contributed by atoms with Crippen LogP contribution >= 0.6 is 0 Å². The Balaban J connectivity index is 3.09. The fourth-order valence-electron chi connectivity index (χ4n) is 0.777. The lowest BCUT2D eigenvalue weighted by Crippen LogP contribution is -1.97. The van der Waals surface area contributed by atoms with E-state index in [1.807, 2.05) is 5.48 Å². The summed E-state index contributed by atoms with van der Waals surface area (Å²) in [6, 6.07) is 5.81. The third-order valence-corrected chi connectivity index (χ3v) is 2.54. The van der Waals surface area contributed by atoms with Crippen LogP contribution in [0.1, 0.15) is 0 Å². The highest BCUT2D eigenvalue weighted by Gasteiger charge is 2.05. The molecule has 1 aromatic carbocycles. The molecule has 2 N–H and O–H groups in total. The molecule has 1 rings (SSSR count). The molecule has 0 aromatic heterocycles. The molecular formula is C7H9NO3S. The van der Waals surface area contributed by atoms with Crippen molar-refractivity contribution in [2.75, 3.05) is 11.7 Å². The maximum atomic E-state index is 10.9. The summed E-state index contributed by atoms with van der Waals surface area (Å²) in [5.74, 6) is 0. The molecule has 0 radical (unpaired) electrons. The fraction of sp³-hybridized carbons (Fsp3) is 0.143. The van der Waals surface area contributed by atoms with Crippen molar-refractivity contribution in [2.45, 2.75) is 4.90 Å². The Morgan fingerprint density at radius 3 is 2.08 bits per heavy atom. The Morgan fingerprint density at radius 1 is 1.25 bits per heavy atom. The maximum absolute atomic E-state index is 10.9. The first-order valence-electron chi connectivity index (χ1n) is 3.24. The van der Waals surface area contributed by atoms with Gasteiger partial charge < -0.3 is 0 Å². The van der Waals surface area contributed by atoms with Crippen LogP contribution in [0.2, 0.25) is 0 Å². The number of hydrogen-bond acceptors (Lipinski definition) is 4. The smallest absolute Gasteiger partial charge is 0.175 e. The highest BCUT2D eigenvalue weighted by molar-refractivity contribution is 7.90. The molecule has 0 unspecified atom stereocenters. The molecule has 0 atom stereocenters. The average molecular weight is 187 g/mol. The zero-order chi connectivity index (χ0) is 9.19. The number of anilines is 1. The molecule has 0 heterocycles. The molecular weight excluding hydrogens is 178 g/mol. The van der Waals surface area contributed by atoms with Gasteiger partial charge in [0, 0.05) is 6.26 Å². The first-order chi connectivity index (χ1) is 5.54. The molecule has 0 aliphatic carbocycles. The summed E-state index contributed by atoms with van der Waals surface area (Å²) in [7, 11) is -3.14. The molecule has 0 aliphatic rings. The van der Waals surface area contributed by atoms with E-state index in [-0.39, 0.29) is 4.90 Å². The Hall–Kier alpha value is -1.07. The second-order valence-electron chi connectivity index (χ2n) is 2.41. The van der Waals surface area contributed by atoms with Crippen LogP contribution in [0.25, 0.3) is 0 Å².